The fraction of sp³-hybridized carbons (Fsp3) is 1.00. The molecule has 1 nitrogen and oxygen atoms in total. The summed E-state index contributed by atoms with van der Waals surface area (Å²) in [6.45, 7) is 4.24. The topological polar surface area (TPSA) is 12.0 Å². The van der Waals surface area contributed by atoms with Gasteiger partial charge in [-0.3, -0.25) is 0 Å². The molecule has 66 valence electrons. The van der Waals surface area contributed by atoms with Crippen LogP contribution in [0.3, 0.4) is 0 Å². The average Bonchev–Trinajstić information content (AvgIpc) is 1.85. The summed E-state index contributed by atoms with van der Waals surface area (Å²) in [5.41, 5.74) is -0.345. The number of rotatable bonds is 1. The molecule has 1 saturated heterocycles. The van der Waals surface area contributed by atoms with Crippen LogP contribution in [0.5, 0.6) is 0 Å². The minimum absolute atomic E-state index is 0.0113. The Bertz CT molecular complexity index is 147. The summed E-state index contributed by atoms with van der Waals surface area (Å²) in [6, 6.07) is 0. The Balaban J connectivity index is 2.59. The summed E-state index contributed by atoms with van der Waals surface area (Å²) in [6.07, 6.45) is 0.738. The molecule has 0 aromatic rings. The van der Waals surface area contributed by atoms with Crippen LogP contribution in [0.1, 0.15) is 33.1 Å². The van der Waals surface area contributed by atoms with E-state index >= 15 is 0 Å². The zero-order valence-electron chi connectivity index (χ0n) is 7.08. The van der Waals surface area contributed by atoms with Crippen molar-refractivity contribution in [3.05, 3.63) is 0 Å². The van der Waals surface area contributed by atoms with Crippen molar-refractivity contribution in [1.29, 1.82) is 0 Å². The molecule has 11 heavy (non-hydrogen) atoms. The molecule has 1 rings (SSSR count). The molecule has 0 radical (unpaired) electrons. The maximum atomic E-state index is 12.8. The lowest BCUT2D eigenvalue weighted by molar-refractivity contribution is -0.0603. The maximum Gasteiger partial charge on any atom is 0.251 e. The van der Waals surface area contributed by atoms with E-state index in [0.717, 1.165) is 6.42 Å². The van der Waals surface area contributed by atoms with Crippen LogP contribution in [-0.2, 0) is 0 Å². The van der Waals surface area contributed by atoms with Crippen molar-refractivity contribution >= 4 is 0 Å². The Morgan fingerprint density at radius 1 is 1.45 bits per heavy atom. The molecule has 0 saturated carbocycles. The number of hydrogen-bond acceptors (Lipinski definition) is 1. The zero-order chi connectivity index (χ0) is 8.54. The predicted molar refractivity (Wildman–Crippen MR) is 40.9 cm³/mol. The largest absolute Gasteiger partial charge is 0.311 e. The van der Waals surface area contributed by atoms with Crippen molar-refractivity contribution in [3.63, 3.8) is 0 Å². The molecule has 0 spiro atoms. The summed E-state index contributed by atoms with van der Waals surface area (Å²) in [5, 5.41) is 3.12. The first kappa shape index (κ1) is 8.91. The monoisotopic (exact) mass is 163 g/mol. The Morgan fingerprint density at radius 2 is 2.09 bits per heavy atom. The lowest BCUT2D eigenvalue weighted by atomic mass is 9.86. The van der Waals surface area contributed by atoms with Gasteiger partial charge in [-0.1, -0.05) is 6.92 Å². The third-order valence-corrected chi connectivity index (χ3v) is 2.47. The van der Waals surface area contributed by atoms with Gasteiger partial charge in [-0.2, -0.15) is 0 Å². The Hall–Kier alpha value is -0.180. The van der Waals surface area contributed by atoms with Crippen LogP contribution in [-0.4, -0.2) is 18.0 Å². The molecule has 0 amide bonds. The minimum atomic E-state index is -2.45. The molecule has 1 aliphatic rings. The average molecular weight is 163 g/mol. The minimum Gasteiger partial charge on any atom is -0.311 e. The first-order valence-corrected chi connectivity index (χ1v) is 4.10. The van der Waals surface area contributed by atoms with Gasteiger partial charge >= 0.3 is 0 Å². The second kappa shape index (κ2) is 2.70. The second-order valence-electron chi connectivity index (χ2n) is 3.62. The fourth-order valence-corrected chi connectivity index (χ4v) is 1.52. The smallest absolute Gasteiger partial charge is 0.251 e. The highest BCUT2D eigenvalue weighted by atomic mass is 19.3. The number of nitrogens with one attached hydrogen (secondary N) is 1. The highest BCUT2D eigenvalue weighted by molar-refractivity contribution is 4.92. The van der Waals surface area contributed by atoms with E-state index in [-0.39, 0.29) is 18.4 Å². The van der Waals surface area contributed by atoms with Crippen LogP contribution in [0, 0.1) is 0 Å². The van der Waals surface area contributed by atoms with Gasteiger partial charge in [0.25, 0.3) is 5.92 Å². The van der Waals surface area contributed by atoms with Crippen LogP contribution >= 0.6 is 0 Å². The molecule has 3 heteroatoms. The van der Waals surface area contributed by atoms with Gasteiger partial charge in [-0.15, -0.1) is 0 Å². The van der Waals surface area contributed by atoms with E-state index in [9.17, 15) is 8.78 Å². The molecule has 1 fully saturated rings. The summed E-state index contributed by atoms with van der Waals surface area (Å²) >= 11 is 0. The van der Waals surface area contributed by atoms with Gasteiger partial charge in [0.1, 0.15) is 0 Å². The van der Waals surface area contributed by atoms with Gasteiger partial charge in [-0.05, 0) is 13.3 Å². The van der Waals surface area contributed by atoms with E-state index < -0.39 is 5.92 Å². The van der Waals surface area contributed by atoms with E-state index in [1.54, 1.807) is 0 Å². The quantitative estimate of drug-likeness (QED) is 0.624. The molecule has 0 aromatic heterocycles. The molecule has 1 heterocycles. The highest BCUT2D eigenvalue weighted by Gasteiger charge is 2.41. The van der Waals surface area contributed by atoms with E-state index in [1.165, 1.54) is 0 Å². The van der Waals surface area contributed by atoms with Crippen LogP contribution in [0.4, 0.5) is 8.78 Å². The van der Waals surface area contributed by atoms with Gasteiger partial charge in [0, 0.05) is 24.9 Å². The van der Waals surface area contributed by atoms with Crippen LogP contribution in [0.15, 0.2) is 0 Å². The third-order valence-electron chi connectivity index (χ3n) is 2.47. The van der Waals surface area contributed by atoms with Crippen LogP contribution in [0.2, 0.25) is 0 Å². The van der Waals surface area contributed by atoms with Crippen molar-refractivity contribution in [2.24, 2.45) is 0 Å². The van der Waals surface area contributed by atoms with Crippen molar-refractivity contribution in [2.45, 2.75) is 44.6 Å². The van der Waals surface area contributed by atoms with E-state index in [1.807, 2.05) is 13.8 Å². The number of piperidine rings is 1. The van der Waals surface area contributed by atoms with Crippen molar-refractivity contribution in [1.82, 2.24) is 5.32 Å². The summed E-state index contributed by atoms with van der Waals surface area (Å²) in [7, 11) is 0. The normalized spacial score (nSPS) is 37.1. The van der Waals surface area contributed by atoms with E-state index in [4.69, 9.17) is 0 Å². The number of halogens is 2. The zero-order valence-corrected chi connectivity index (χ0v) is 7.08. The lowest BCUT2D eigenvalue weighted by Gasteiger charge is -2.38. The van der Waals surface area contributed by atoms with Crippen molar-refractivity contribution in [3.8, 4) is 0 Å². The molecular weight excluding hydrogens is 148 g/mol. The van der Waals surface area contributed by atoms with Crippen LogP contribution in [0.25, 0.3) is 0 Å². The predicted octanol–water partition coefficient (Wildman–Crippen LogP) is 2.17. The van der Waals surface area contributed by atoms with E-state index in [2.05, 4.69) is 5.32 Å². The molecule has 1 N–H and O–H groups in total. The van der Waals surface area contributed by atoms with Gasteiger partial charge < -0.3 is 5.32 Å². The highest BCUT2D eigenvalue weighted by Crippen LogP contribution is 2.34. The molecular formula is C8H15F2N. The lowest BCUT2D eigenvalue weighted by Crippen LogP contribution is -2.52. The molecule has 0 aliphatic carbocycles. The van der Waals surface area contributed by atoms with Crippen molar-refractivity contribution < 1.29 is 8.78 Å². The molecule has 0 aromatic carbocycles. The molecule has 1 unspecified atom stereocenters. The molecule has 0 bridgehead atoms. The number of alkyl halides is 2. The van der Waals surface area contributed by atoms with Gasteiger partial charge in [0.15, 0.2) is 0 Å². The second-order valence-corrected chi connectivity index (χ2v) is 3.62. The van der Waals surface area contributed by atoms with Gasteiger partial charge in [0.2, 0.25) is 0 Å². The number of hydrogen-bond donors (Lipinski definition) is 1. The van der Waals surface area contributed by atoms with Gasteiger partial charge in [0.05, 0.1) is 0 Å². The van der Waals surface area contributed by atoms with Crippen LogP contribution < -0.4 is 5.32 Å². The molecule has 1 atom stereocenters. The standard InChI is InChI=1S/C8H15F2N/c1-3-7(2)6-8(9,10)4-5-11-7/h11H,3-6H2,1-2H3. The first-order chi connectivity index (χ1) is 4.97. The fourth-order valence-electron chi connectivity index (χ4n) is 1.52. The van der Waals surface area contributed by atoms with E-state index in [0.29, 0.717) is 6.54 Å². The Morgan fingerprint density at radius 3 is 2.45 bits per heavy atom. The van der Waals surface area contributed by atoms with Crippen molar-refractivity contribution in [2.75, 3.05) is 6.54 Å². The summed E-state index contributed by atoms with van der Waals surface area (Å²) in [4.78, 5) is 0. The Kier molecular flexibility index (Phi) is 2.19. The summed E-state index contributed by atoms with van der Waals surface area (Å²) in [5.74, 6) is -2.45. The Labute approximate surface area is 66.2 Å². The van der Waals surface area contributed by atoms with Gasteiger partial charge in [-0.25, -0.2) is 8.78 Å². The first-order valence-electron chi connectivity index (χ1n) is 4.10. The molecule has 1 aliphatic heterocycles. The maximum absolute atomic E-state index is 12.8. The third kappa shape index (κ3) is 2.12. The summed E-state index contributed by atoms with van der Waals surface area (Å²) < 4.78 is 25.7. The SMILES string of the molecule is CCC1(C)CC(F)(F)CCN1.